The van der Waals surface area contributed by atoms with Crippen molar-refractivity contribution in [3.05, 3.63) is 29.6 Å². The number of alkyl halides is 1. The molecule has 1 saturated carbocycles. The molecule has 0 aliphatic heterocycles. The van der Waals surface area contributed by atoms with Crippen LogP contribution in [-0.2, 0) is 12.4 Å². The number of fused-ring (bicyclic) bond motifs is 1. The van der Waals surface area contributed by atoms with Crippen molar-refractivity contribution in [2.75, 3.05) is 0 Å². The van der Waals surface area contributed by atoms with E-state index < -0.39 is 0 Å². The second-order valence-electron chi connectivity index (χ2n) is 7.26. The first-order valence-electron chi connectivity index (χ1n) is 7.31. The lowest BCUT2D eigenvalue weighted by molar-refractivity contribution is 0.457. The molecule has 0 N–H and O–H groups in total. The molecule has 108 valence electrons. The van der Waals surface area contributed by atoms with Crippen molar-refractivity contribution in [3.8, 4) is 0 Å². The maximum absolute atomic E-state index is 6.11. The molecule has 1 fully saturated rings. The van der Waals surface area contributed by atoms with Gasteiger partial charge in [0.2, 0.25) is 0 Å². The number of aromatic nitrogens is 2. The summed E-state index contributed by atoms with van der Waals surface area (Å²) in [7, 11) is 0. The predicted octanol–water partition coefficient (Wildman–Crippen LogP) is 4.77. The first kappa shape index (κ1) is 13.9. The lowest BCUT2D eigenvalue weighted by Gasteiger charge is -2.09. The average molecular weight is 291 g/mol. The van der Waals surface area contributed by atoms with Gasteiger partial charge in [-0.05, 0) is 41.4 Å². The van der Waals surface area contributed by atoms with Gasteiger partial charge >= 0.3 is 0 Å². The Morgan fingerprint density at radius 2 is 1.85 bits per heavy atom. The van der Waals surface area contributed by atoms with Gasteiger partial charge in [-0.3, -0.25) is 0 Å². The third-order valence-electron chi connectivity index (χ3n) is 5.79. The summed E-state index contributed by atoms with van der Waals surface area (Å²) in [4.78, 5) is 4.68. The molecule has 20 heavy (non-hydrogen) atoms. The molecule has 3 rings (SSSR count). The minimum atomic E-state index is 0.386. The normalized spacial score (nSPS) is 20.5. The van der Waals surface area contributed by atoms with Gasteiger partial charge in [-0.1, -0.05) is 33.8 Å². The van der Waals surface area contributed by atoms with E-state index in [2.05, 4.69) is 62.4 Å². The van der Waals surface area contributed by atoms with Gasteiger partial charge in [0.1, 0.15) is 5.82 Å². The minimum Gasteiger partial charge on any atom is -0.327 e. The molecule has 0 amide bonds. The second-order valence-corrected chi connectivity index (χ2v) is 7.53. The largest absolute Gasteiger partial charge is 0.327 e. The van der Waals surface area contributed by atoms with Crippen molar-refractivity contribution in [2.24, 2.45) is 16.7 Å². The number of hydrogen-bond acceptors (Lipinski definition) is 1. The van der Waals surface area contributed by atoms with Crippen molar-refractivity contribution in [1.82, 2.24) is 9.55 Å². The predicted molar refractivity (Wildman–Crippen MR) is 85.1 cm³/mol. The van der Waals surface area contributed by atoms with E-state index in [9.17, 15) is 0 Å². The van der Waals surface area contributed by atoms with E-state index in [4.69, 9.17) is 11.6 Å². The average Bonchev–Trinajstić information content (AvgIpc) is 2.69. The van der Waals surface area contributed by atoms with Gasteiger partial charge in [-0.15, -0.1) is 11.6 Å². The Kier molecular flexibility index (Phi) is 2.95. The van der Waals surface area contributed by atoms with E-state index in [1.54, 1.807) is 0 Å². The fourth-order valence-electron chi connectivity index (χ4n) is 3.56. The number of aryl methyl sites for hydroxylation is 1. The number of rotatable bonds is 3. The highest BCUT2D eigenvalue weighted by Crippen LogP contribution is 2.69. The molecule has 1 aliphatic carbocycles. The fourth-order valence-corrected chi connectivity index (χ4v) is 3.76. The second kappa shape index (κ2) is 4.24. The summed E-state index contributed by atoms with van der Waals surface area (Å²) in [5, 5.41) is 0. The van der Waals surface area contributed by atoms with E-state index in [0.29, 0.717) is 22.6 Å². The van der Waals surface area contributed by atoms with Gasteiger partial charge in [-0.2, -0.15) is 0 Å². The van der Waals surface area contributed by atoms with Gasteiger partial charge in [0.15, 0.2) is 0 Å². The fraction of sp³-hybridized carbons (Fsp3) is 0.588. The highest BCUT2D eigenvalue weighted by atomic mass is 35.5. The van der Waals surface area contributed by atoms with E-state index in [0.717, 1.165) is 17.9 Å². The Balaban J connectivity index is 2.05. The highest BCUT2D eigenvalue weighted by molar-refractivity contribution is 6.16. The van der Waals surface area contributed by atoms with Crippen LogP contribution in [0.5, 0.6) is 0 Å². The van der Waals surface area contributed by atoms with E-state index >= 15 is 0 Å². The summed E-state index contributed by atoms with van der Waals surface area (Å²) in [5.41, 5.74) is 4.32. The molecule has 1 aliphatic rings. The lowest BCUT2D eigenvalue weighted by atomic mass is 10.0. The van der Waals surface area contributed by atoms with Crippen LogP contribution in [0.3, 0.4) is 0 Å². The summed E-state index contributed by atoms with van der Waals surface area (Å²) in [5.74, 6) is 2.14. The van der Waals surface area contributed by atoms with Crippen LogP contribution >= 0.6 is 11.6 Å². The number of imidazole rings is 1. The Bertz CT molecular complexity index is 653. The summed E-state index contributed by atoms with van der Waals surface area (Å²) in [6.45, 7) is 12.6. The number of hydrogen-bond donors (Lipinski definition) is 0. The quantitative estimate of drug-likeness (QED) is 0.745. The molecule has 0 spiro atoms. The summed E-state index contributed by atoms with van der Waals surface area (Å²) >= 11 is 6.11. The van der Waals surface area contributed by atoms with Crippen molar-refractivity contribution in [3.63, 3.8) is 0 Å². The topological polar surface area (TPSA) is 17.8 Å². The SMILES string of the molecule is Cc1ccc2nc(CCl)n(CC3C(C)(C)C3(C)C)c2c1. The number of nitrogens with zero attached hydrogens (tertiary/aromatic N) is 2. The molecule has 1 aromatic carbocycles. The highest BCUT2D eigenvalue weighted by Gasteiger charge is 2.64. The third-order valence-corrected chi connectivity index (χ3v) is 6.03. The molecule has 0 saturated heterocycles. The van der Waals surface area contributed by atoms with Gasteiger partial charge in [0.05, 0.1) is 16.9 Å². The molecule has 0 atom stereocenters. The smallest absolute Gasteiger partial charge is 0.124 e. The van der Waals surface area contributed by atoms with Crippen molar-refractivity contribution >= 4 is 22.6 Å². The Morgan fingerprint density at radius 3 is 2.40 bits per heavy atom. The standard InChI is InChI=1S/C17H23ClN2/c1-11-6-7-12-13(8-11)20(15(9-18)19-12)10-14-16(2,3)17(14,4)5/h6-8,14H,9-10H2,1-5H3. The van der Waals surface area contributed by atoms with Crippen LogP contribution in [0.1, 0.15) is 39.1 Å². The molecule has 0 unspecified atom stereocenters. The molecular formula is C17H23ClN2. The summed E-state index contributed by atoms with van der Waals surface area (Å²) < 4.78 is 2.33. The van der Waals surface area contributed by atoms with E-state index in [1.807, 2.05) is 0 Å². The van der Waals surface area contributed by atoms with Gasteiger partial charge in [0, 0.05) is 6.54 Å². The minimum absolute atomic E-state index is 0.386. The number of halogens is 1. The molecule has 0 radical (unpaired) electrons. The van der Waals surface area contributed by atoms with Crippen LogP contribution in [-0.4, -0.2) is 9.55 Å². The molecule has 0 bridgehead atoms. The van der Waals surface area contributed by atoms with Crippen molar-refractivity contribution < 1.29 is 0 Å². The van der Waals surface area contributed by atoms with Crippen LogP contribution < -0.4 is 0 Å². The first-order valence-corrected chi connectivity index (χ1v) is 7.84. The molecule has 3 heteroatoms. The molecular weight excluding hydrogens is 268 g/mol. The Hall–Kier alpha value is -1.02. The zero-order valence-electron chi connectivity index (χ0n) is 13.0. The maximum atomic E-state index is 6.11. The maximum Gasteiger partial charge on any atom is 0.124 e. The van der Waals surface area contributed by atoms with Crippen LogP contribution in [0.15, 0.2) is 18.2 Å². The zero-order chi connectivity index (χ0) is 14.7. The molecule has 1 aromatic heterocycles. The third kappa shape index (κ3) is 1.81. The first-order chi connectivity index (χ1) is 9.29. The zero-order valence-corrected chi connectivity index (χ0v) is 13.8. The monoisotopic (exact) mass is 290 g/mol. The van der Waals surface area contributed by atoms with Crippen LogP contribution in [0.2, 0.25) is 0 Å². The van der Waals surface area contributed by atoms with Gasteiger partial charge in [0.25, 0.3) is 0 Å². The molecule has 1 heterocycles. The number of benzene rings is 1. The van der Waals surface area contributed by atoms with E-state index in [1.165, 1.54) is 11.1 Å². The van der Waals surface area contributed by atoms with E-state index in [-0.39, 0.29) is 0 Å². The van der Waals surface area contributed by atoms with Crippen molar-refractivity contribution in [1.29, 1.82) is 0 Å². The van der Waals surface area contributed by atoms with Crippen LogP contribution in [0.25, 0.3) is 11.0 Å². The van der Waals surface area contributed by atoms with Crippen LogP contribution in [0, 0.1) is 23.7 Å². The van der Waals surface area contributed by atoms with Gasteiger partial charge < -0.3 is 4.57 Å². The Morgan fingerprint density at radius 1 is 1.20 bits per heavy atom. The summed E-state index contributed by atoms with van der Waals surface area (Å²) in [6, 6.07) is 6.43. The summed E-state index contributed by atoms with van der Waals surface area (Å²) in [6.07, 6.45) is 0. The van der Waals surface area contributed by atoms with Gasteiger partial charge in [-0.25, -0.2) is 4.98 Å². The van der Waals surface area contributed by atoms with Crippen LogP contribution in [0.4, 0.5) is 0 Å². The molecule has 2 nitrogen and oxygen atoms in total. The molecule has 2 aromatic rings. The Labute approximate surface area is 126 Å². The lowest BCUT2D eigenvalue weighted by Crippen LogP contribution is -2.07. The van der Waals surface area contributed by atoms with Crippen molar-refractivity contribution in [2.45, 2.75) is 47.0 Å².